The van der Waals surface area contributed by atoms with Crippen LogP contribution in [0.2, 0.25) is 0 Å². The number of aryl methyl sites for hydroxylation is 6. The molecule has 0 saturated carbocycles. The Morgan fingerprint density at radius 2 is 1.05 bits per heavy atom. The van der Waals surface area contributed by atoms with Gasteiger partial charge in [-0.25, -0.2) is 0 Å². The summed E-state index contributed by atoms with van der Waals surface area (Å²) in [5, 5.41) is 0. The molecule has 2 aromatic carbocycles. The molecular weight excluding hydrogens is 264 g/mol. The zero-order valence-corrected chi connectivity index (χ0v) is 14.9. The van der Waals surface area contributed by atoms with Gasteiger partial charge in [-0.05, 0) is 91.0 Å². The molecule has 0 spiro atoms. The average molecular weight is 292 g/mol. The van der Waals surface area contributed by atoms with Gasteiger partial charge in [-0.15, -0.1) is 0 Å². The number of rotatable bonds is 1. The van der Waals surface area contributed by atoms with Gasteiger partial charge in [0.1, 0.15) is 0 Å². The zero-order valence-electron chi connectivity index (χ0n) is 14.9. The second kappa shape index (κ2) is 5.57. The Bertz CT molecular complexity index is 660. The SMILES string of the molecule is Cc1cc2c(cc1C)C(C(C)C)c1cc(C)c(C)cc1CC2. The van der Waals surface area contributed by atoms with Gasteiger partial charge in [0, 0.05) is 5.92 Å². The average Bonchev–Trinajstić information content (AvgIpc) is 2.58. The fourth-order valence-corrected chi connectivity index (χ4v) is 3.96. The van der Waals surface area contributed by atoms with Crippen LogP contribution < -0.4 is 0 Å². The fraction of sp³-hybridized carbons (Fsp3) is 0.455. The lowest BCUT2D eigenvalue weighted by molar-refractivity contribution is 0.561. The van der Waals surface area contributed by atoms with Crippen LogP contribution in [-0.4, -0.2) is 0 Å². The topological polar surface area (TPSA) is 0 Å². The molecule has 0 saturated heterocycles. The van der Waals surface area contributed by atoms with E-state index in [0.29, 0.717) is 11.8 Å². The van der Waals surface area contributed by atoms with Crippen LogP contribution in [-0.2, 0) is 12.8 Å². The minimum absolute atomic E-state index is 0.533. The van der Waals surface area contributed by atoms with Gasteiger partial charge in [0.25, 0.3) is 0 Å². The van der Waals surface area contributed by atoms with Crippen molar-refractivity contribution in [3.8, 4) is 0 Å². The lowest BCUT2D eigenvalue weighted by Crippen LogP contribution is -2.12. The van der Waals surface area contributed by atoms with Crippen molar-refractivity contribution in [3.05, 3.63) is 68.8 Å². The first-order valence-corrected chi connectivity index (χ1v) is 8.58. The van der Waals surface area contributed by atoms with E-state index in [1.165, 1.54) is 35.1 Å². The van der Waals surface area contributed by atoms with Crippen molar-refractivity contribution >= 4 is 0 Å². The monoisotopic (exact) mass is 292 g/mol. The molecule has 0 heteroatoms. The van der Waals surface area contributed by atoms with Gasteiger partial charge in [0.15, 0.2) is 0 Å². The van der Waals surface area contributed by atoms with Gasteiger partial charge in [-0.3, -0.25) is 0 Å². The summed E-state index contributed by atoms with van der Waals surface area (Å²) < 4.78 is 0. The van der Waals surface area contributed by atoms with Gasteiger partial charge in [0.2, 0.25) is 0 Å². The summed E-state index contributed by atoms with van der Waals surface area (Å²) in [6.45, 7) is 13.7. The molecule has 1 aliphatic carbocycles. The lowest BCUT2D eigenvalue weighted by atomic mass is 9.78. The van der Waals surface area contributed by atoms with Crippen molar-refractivity contribution in [2.75, 3.05) is 0 Å². The summed E-state index contributed by atoms with van der Waals surface area (Å²) >= 11 is 0. The number of fused-ring (bicyclic) bond motifs is 2. The van der Waals surface area contributed by atoms with Crippen molar-refractivity contribution < 1.29 is 0 Å². The molecule has 0 amide bonds. The summed E-state index contributed by atoms with van der Waals surface area (Å²) in [7, 11) is 0. The van der Waals surface area contributed by atoms with E-state index in [2.05, 4.69) is 65.8 Å². The van der Waals surface area contributed by atoms with Crippen LogP contribution in [0.25, 0.3) is 0 Å². The maximum absolute atomic E-state index is 2.46. The summed E-state index contributed by atoms with van der Waals surface area (Å²) in [5.41, 5.74) is 12.0. The molecule has 0 aromatic heterocycles. The van der Waals surface area contributed by atoms with E-state index in [4.69, 9.17) is 0 Å². The third-order valence-corrected chi connectivity index (χ3v) is 5.51. The van der Waals surface area contributed by atoms with Crippen LogP contribution in [0.15, 0.2) is 24.3 Å². The Labute approximate surface area is 135 Å². The van der Waals surface area contributed by atoms with E-state index in [1.807, 2.05) is 0 Å². The highest BCUT2D eigenvalue weighted by Gasteiger charge is 2.27. The Hall–Kier alpha value is -1.56. The van der Waals surface area contributed by atoms with Crippen LogP contribution >= 0.6 is 0 Å². The molecule has 0 atom stereocenters. The second-order valence-corrected chi connectivity index (χ2v) is 7.49. The smallest absolute Gasteiger partial charge is 0.0118 e. The van der Waals surface area contributed by atoms with Gasteiger partial charge in [0.05, 0.1) is 0 Å². The van der Waals surface area contributed by atoms with Gasteiger partial charge in [-0.2, -0.15) is 0 Å². The van der Waals surface area contributed by atoms with Crippen LogP contribution in [0, 0.1) is 33.6 Å². The van der Waals surface area contributed by atoms with Gasteiger partial charge < -0.3 is 0 Å². The summed E-state index contributed by atoms with van der Waals surface area (Å²) in [4.78, 5) is 0. The van der Waals surface area contributed by atoms with Crippen molar-refractivity contribution in [2.24, 2.45) is 5.92 Å². The second-order valence-electron chi connectivity index (χ2n) is 7.49. The highest BCUT2D eigenvalue weighted by atomic mass is 14.3. The Morgan fingerprint density at radius 1 is 0.682 bits per heavy atom. The van der Waals surface area contributed by atoms with E-state index < -0.39 is 0 Å². The number of hydrogen-bond acceptors (Lipinski definition) is 0. The first-order chi connectivity index (χ1) is 10.4. The molecule has 0 bridgehead atoms. The van der Waals surface area contributed by atoms with Crippen molar-refractivity contribution in [3.63, 3.8) is 0 Å². The molecule has 0 nitrogen and oxygen atoms in total. The maximum atomic E-state index is 2.46. The highest BCUT2D eigenvalue weighted by molar-refractivity contribution is 5.50. The molecule has 0 heterocycles. The van der Waals surface area contributed by atoms with E-state index in [1.54, 1.807) is 22.3 Å². The van der Waals surface area contributed by atoms with E-state index in [0.717, 1.165) is 0 Å². The molecule has 3 rings (SSSR count). The van der Waals surface area contributed by atoms with Crippen LogP contribution in [0.4, 0.5) is 0 Å². The molecule has 2 aromatic rings. The van der Waals surface area contributed by atoms with E-state index >= 15 is 0 Å². The molecule has 0 radical (unpaired) electrons. The quantitative estimate of drug-likeness (QED) is 0.622. The Balaban J connectivity index is 2.26. The minimum atomic E-state index is 0.533. The summed E-state index contributed by atoms with van der Waals surface area (Å²) in [6, 6.07) is 9.79. The first kappa shape index (κ1) is 15.3. The molecule has 0 fully saturated rings. The van der Waals surface area contributed by atoms with Crippen molar-refractivity contribution in [1.82, 2.24) is 0 Å². The standard InChI is InChI=1S/C22H28/c1-13(2)22-20-11-16(5)14(3)9-18(20)7-8-19-10-15(4)17(6)12-21(19)22/h9-13,22H,7-8H2,1-6H3. The maximum Gasteiger partial charge on any atom is 0.0118 e. The molecule has 0 aliphatic heterocycles. The Kier molecular flexibility index (Phi) is 3.89. The third kappa shape index (κ3) is 2.49. The molecule has 116 valence electrons. The third-order valence-electron chi connectivity index (χ3n) is 5.51. The summed E-state index contributed by atoms with van der Waals surface area (Å²) in [5.74, 6) is 1.16. The lowest BCUT2D eigenvalue weighted by Gasteiger charge is -2.26. The van der Waals surface area contributed by atoms with Crippen LogP contribution in [0.3, 0.4) is 0 Å². The number of benzene rings is 2. The van der Waals surface area contributed by atoms with E-state index in [9.17, 15) is 0 Å². The normalized spacial score (nSPS) is 14.7. The Morgan fingerprint density at radius 3 is 1.41 bits per heavy atom. The van der Waals surface area contributed by atoms with Crippen LogP contribution in [0.5, 0.6) is 0 Å². The first-order valence-electron chi connectivity index (χ1n) is 8.58. The largest absolute Gasteiger partial charge is 0.0619 e. The molecular formula is C22H28. The van der Waals surface area contributed by atoms with Crippen molar-refractivity contribution in [1.29, 1.82) is 0 Å². The van der Waals surface area contributed by atoms with E-state index in [-0.39, 0.29) is 0 Å². The predicted octanol–water partition coefficient (Wildman–Crippen LogP) is 5.81. The van der Waals surface area contributed by atoms with Gasteiger partial charge in [-0.1, -0.05) is 38.1 Å². The molecule has 0 N–H and O–H groups in total. The van der Waals surface area contributed by atoms with Crippen molar-refractivity contribution in [2.45, 2.75) is 60.3 Å². The summed E-state index contributed by atoms with van der Waals surface area (Å²) in [6.07, 6.45) is 2.35. The molecule has 0 unspecified atom stereocenters. The molecule has 1 aliphatic rings. The zero-order chi connectivity index (χ0) is 16.0. The predicted molar refractivity (Wildman–Crippen MR) is 95.9 cm³/mol. The molecule has 22 heavy (non-hydrogen) atoms. The minimum Gasteiger partial charge on any atom is -0.0619 e. The van der Waals surface area contributed by atoms with Gasteiger partial charge >= 0.3 is 0 Å². The number of hydrogen-bond donors (Lipinski definition) is 0. The van der Waals surface area contributed by atoms with Crippen LogP contribution in [0.1, 0.15) is 64.3 Å². The highest BCUT2D eigenvalue weighted by Crippen LogP contribution is 2.40. The fourth-order valence-electron chi connectivity index (χ4n) is 3.96.